The summed E-state index contributed by atoms with van der Waals surface area (Å²) in [4.78, 5) is 3.37. The van der Waals surface area contributed by atoms with Crippen LogP contribution in [-0.2, 0) is 6.18 Å². The molecular weight excluding hydrogens is 284 g/mol. The quantitative estimate of drug-likeness (QED) is 0.820. The van der Waals surface area contributed by atoms with E-state index in [9.17, 15) is 17.6 Å². The van der Waals surface area contributed by atoms with Crippen molar-refractivity contribution in [2.75, 3.05) is 5.32 Å². The van der Waals surface area contributed by atoms with Crippen LogP contribution in [0.4, 0.5) is 23.2 Å². The Morgan fingerprint density at radius 2 is 1.86 bits per heavy atom. The third kappa shape index (κ3) is 3.71. The third-order valence-corrected chi connectivity index (χ3v) is 3.08. The lowest BCUT2D eigenvalue weighted by molar-refractivity contribution is -0.141. The van der Waals surface area contributed by atoms with Gasteiger partial charge in [0.15, 0.2) is 0 Å². The van der Waals surface area contributed by atoms with Crippen molar-refractivity contribution in [3.63, 3.8) is 0 Å². The highest BCUT2D eigenvalue weighted by atomic mass is 19.4. The Hall–Kier alpha value is -2.11. The van der Waals surface area contributed by atoms with Gasteiger partial charge in [0.05, 0.1) is 17.9 Å². The summed E-state index contributed by atoms with van der Waals surface area (Å²) in [5, 5.41) is 2.99. The summed E-state index contributed by atoms with van der Waals surface area (Å²) in [6.45, 7) is 1.86. The van der Waals surface area contributed by atoms with Crippen molar-refractivity contribution >= 4 is 5.69 Å². The van der Waals surface area contributed by atoms with Crippen LogP contribution >= 0.6 is 0 Å². The highest BCUT2D eigenvalue weighted by Gasteiger charge is 2.32. The standard InChI is InChI=1S/C15H14F4N2/c1-2-13(11-5-3-4-6-12(11)16)21-10-7-8-14(20-9-10)15(17,18)19/h3-9,13,21H,2H2,1H3. The van der Waals surface area contributed by atoms with Crippen LogP contribution < -0.4 is 5.32 Å². The zero-order chi connectivity index (χ0) is 15.5. The Kier molecular flexibility index (Phi) is 4.45. The van der Waals surface area contributed by atoms with E-state index in [0.29, 0.717) is 17.7 Å². The maximum atomic E-state index is 13.7. The number of benzene rings is 1. The maximum Gasteiger partial charge on any atom is 0.433 e. The first-order chi connectivity index (χ1) is 9.91. The Balaban J connectivity index is 2.18. The lowest BCUT2D eigenvalue weighted by Gasteiger charge is -2.19. The van der Waals surface area contributed by atoms with Crippen LogP contribution in [0.3, 0.4) is 0 Å². The molecule has 2 rings (SSSR count). The Morgan fingerprint density at radius 1 is 1.14 bits per heavy atom. The summed E-state index contributed by atoms with van der Waals surface area (Å²) in [5.74, 6) is -0.350. The van der Waals surface area contributed by atoms with E-state index in [2.05, 4.69) is 10.3 Å². The van der Waals surface area contributed by atoms with Crippen LogP contribution in [0.1, 0.15) is 30.6 Å². The number of hydrogen-bond acceptors (Lipinski definition) is 2. The summed E-state index contributed by atoms with van der Waals surface area (Å²) < 4.78 is 51.0. The van der Waals surface area contributed by atoms with E-state index >= 15 is 0 Å². The molecule has 0 saturated carbocycles. The molecule has 1 N–H and O–H groups in total. The monoisotopic (exact) mass is 298 g/mol. The molecule has 2 nitrogen and oxygen atoms in total. The van der Waals surface area contributed by atoms with Gasteiger partial charge in [0.25, 0.3) is 0 Å². The molecule has 2 aromatic rings. The van der Waals surface area contributed by atoms with E-state index in [1.807, 2.05) is 6.92 Å². The molecule has 1 heterocycles. The van der Waals surface area contributed by atoms with Gasteiger partial charge >= 0.3 is 6.18 Å². The van der Waals surface area contributed by atoms with E-state index in [4.69, 9.17) is 0 Å². The first-order valence-electron chi connectivity index (χ1n) is 6.46. The molecule has 0 radical (unpaired) electrons. The molecule has 0 saturated heterocycles. The van der Waals surface area contributed by atoms with Crippen molar-refractivity contribution < 1.29 is 17.6 Å². The fraction of sp³-hybridized carbons (Fsp3) is 0.267. The summed E-state index contributed by atoms with van der Waals surface area (Å²) in [6, 6.07) is 8.16. The van der Waals surface area contributed by atoms with Gasteiger partial charge in [-0.2, -0.15) is 13.2 Å². The van der Waals surface area contributed by atoms with Crippen LogP contribution in [0.15, 0.2) is 42.6 Å². The van der Waals surface area contributed by atoms with Crippen molar-refractivity contribution in [3.05, 3.63) is 59.7 Å². The molecule has 0 bridgehead atoms. The molecular formula is C15H14F4N2. The van der Waals surface area contributed by atoms with Crippen LogP contribution in [0.2, 0.25) is 0 Å². The number of nitrogens with one attached hydrogen (secondary N) is 1. The second-order valence-electron chi connectivity index (χ2n) is 4.56. The lowest BCUT2D eigenvalue weighted by Crippen LogP contribution is -2.13. The molecule has 0 fully saturated rings. The molecule has 0 aliphatic heterocycles. The second-order valence-corrected chi connectivity index (χ2v) is 4.56. The number of anilines is 1. The Morgan fingerprint density at radius 3 is 2.38 bits per heavy atom. The fourth-order valence-corrected chi connectivity index (χ4v) is 2.01. The van der Waals surface area contributed by atoms with Gasteiger partial charge in [-0.25, -0.2) is 9.37 Å². The van der Waals surface area contributed by atoms with Crippen LogP contribution in [-0.4, -0.2) is 4.98 Å². The van der Waals surface area contributed by atoms with Gasteiger partial charge in [-0.3, -0.25) is 0 Å². The minimum Gasteiger partial charge on any atom is -0.377 e. The van der Waals surface area contributed by atoms with Crippen LogP contribution in [0.5, 0.6) is 0 Å². The highest BCUT2D eigenvalue weighted by molar-refractivity contribution is 5.44. The normalized spacial score (nSPS) is 13.0. The number of rotatable bonds is 4. The lowest BCUT2D eigenvalue weighted by atomic mass is 10.0. The fourth-order valence-electron chi connectivity index (χ4n) is 2.01. The summed E-state index contributed by atoms with van der Waals surface area (Å²) >= 11 is 0. The number of pyridine rings is 1. The molecule has 21 heavy (non-hydrogen) atoms. The Labute approximate surface area is 119 Å². The SMILES string of the molecule is CCC(Nc1ccc(C(F)(F)F)nc1)c1ccccc1F. The molecule has 112 valence electrons. The molecule has 1 aromatic heterocycles. The van der Waals surface area contributed by atoms with Gasteiger partial charge in [-0.05, 0) is 24.6 Å². The summed E-state index contributed by atoms with van der Waals surface area (Å²) in [5.41, 5.74) is -0.0648. The van der Waals surface area contributed by atoms with Crippen LogP contribution in [0.25, 0.3) is 0 Å². The van der Waals surface area contributed by atoms with Crippen molar-refractivity contribution in [2.45, 2.75) is 25.6 Å². The van der Waals surface area contributed by atoms with E-state index in [1.54, 1.807) is 18.2 Å². The average molecular weight is 298 g/mol. The smallest absolute Gasteiger partial charge is 0.377 e. The van der Waals surface area contributed by atoms with E-state index in [1.165, 1.54) is 12.1 Å². The number of hydrogen-bond donors (Lipinski definition) is 1. The topological polar surface area (TPSA) is 24.9 Å². The van der Waals surface area contributed by atoms with Crippen molar-refractivity contribution in [2.24, 2.45) is 0 Å². The van der Waals surface area contributed by atoms with Crippen molar-refractivity contribution in [1.82, 2.24) is 4.98 Å². The molecule has 6 heteroatoms. The van der Waals surface area contributed by atoms with Crippen molar-refractivity contribution in [1.29, 1.82) is 0 Å². The maximum absolute atomic E-state index is 13.7. The average Bonchev–Trinajstić information content (AvgIpc) is 2.45. The molecule has 1 aromatic carbocycles. The number of halogens is 4. The first-order valence-corrected chi connectivity index (χ1v) is 6.46. The number of alkyl halides is 3. The zero-order valence-electron chi connectivity index (χ0n) is 11.3. The minimum absolute atomic E-state index is 0.329. The highest BCUT2D eigenvalue weighted by Crippen LogP contribution is 2.29. The van der Waals surface area contributed by atoms with Gasteiger partial charge in [-0.15, -0.1) is 0 Å². The third-order valence-electron chi connectivity index (χ3n) is 3.08. The largest absolute Gasteiger partial charge is 0.433 e. The molecule has 1 atom stereocenters. The Bertz CT molecular complexity index is 593. The molecule has 0 amide bonds. The van der Waals surface area contributed by atoms with Gasteiger partial charge < -0.3 is 5.32 Å². The van der Waals surface area contributed by atoms with Gasteiger partial charge in [-0.1, -0.05) is 25.1 Å². The van der Waals surface area contributed by atoms with Gasteiger partial charge in [0.1, 0.15) is 11.5 Å². The zero-order valence-corrected chi connectivity index (χ0v) is 11.3. The van der Waals surface area contributed by atoms with Crippen LogP contribution in [0, 0.1) is 5.82 Å². The summed E-state index contributed by atoms with van der Waals surface area (Å²) in [7, 11) is 0. The van der Waals surface area contributed by atoms with Gasteiger partial charge in [0.2, 0.25) is 0 Å². The minimum atomic E-state index is -4.46. The van der Waals surface area contributed by atoms with E-state index in [-0.39, 0.29) is 11.9 Å². The van der Waals surface area contributed by atoms with E-state index in [0.717, 1.165) is 12.3 Å². The van der Waals surface area contributed by atoms with Gasteiger partial charge in [0, 0.05) is 5.56 Å². The predicted octanol–water partition coefficient (Wildman–Crippen LogP) is 4.80. The molecule has 0 aliphatic rings. The number of aromatic nitrogens is 1. The second kappa shape index (κ2) is 6.11. The first kappa shape index (κ1) is 15.3. The molecule has 0 aliphatic carbocycles. The molecule has 1 unspecified atom stereocenters. The van der Waals surface area contributed by atoms with Crippen molar-refractivity contribution in [3.8, 4) is 0 Å². The van der Waals surface area contributed by atoms with E-state index < -0.39 is 11.9 Å². The molecule has 0 spiro atoms. The summed E-state index contributed by atoms with van der Waals surface area (Å²) in [6.07, 6.45) is -2.78. The number of nitrogens with zero attached hydrogens (tertiary/aromatic N) is 1. The predicted molar refractivity (Wildman–Crippen MR) is 72.3 cm³/mol.